The van der Waals surface area contributed by atoms with Crippen LogP contribution in [-0.4, -0.2) is 10.2 Å². The van der Waals surface area contributed by atoms with Crippen molar-refractivity contribution in [1.82, 2.24) is 0 Å². The van der Waals surface area contributed by atoms with Gasteiger partial charge in [0.25, 0.3) is 0 Å². The molecule has 0 aliphatic rings. The Morgan fingerprint density at radius 2 is 1.44 bits per heavy atom. The highest BCUT2D eigenvalue weighted by molar-refractivity contribution is 5.67. The van der Waals surface area contributed by atoms with Gasteiger partial charge in [-0.1, -0.05) is 44.2 Å². The second-order valence-corrected chi connectivity index (χ2v) is 5.00. The third-order valence-electron chi connectivity index (χ3n) is 2.91. The highest BCUT2D eigenvalue weighted by Gasteiger charge is 2.03. The predicted molar refractivity (Wildman–Crippen MR) is 73.7 cm³/mol. The molecule has 2 rings (SSSR count). The molecule has 2 heteroatoms. The van der Waals surface area contributed by atoms with E-state index in [1.807, 2.05) is 12.1 Å². The second-order valence-electron chi connectivity index (χ2n) is 5.00. The molecular weight excluding hydrogens is 224 g/mol. The maximum atomic E-state index is 9.48. The summed E-state index contributed by atoms with van der Waals surface area (Å²) in [6, 6.07) is 13.2. The molecule has 0 radical (unpaired) electrons. The van der Waals surface area contributed by atoms with Crippen LogP contribution >= 0.6 is 0 Å². The van der Waals surface area contributed by atoms with Crippen LogP contribution in [0.25, 0.3) is 11.1 Å². The van der Waals surface area contributed by atoms with E-state index in [0.717, 1.165) is 17.5 Å². The van der Waals surface area contributed by atoms with Crippen LogP contribution in [0, 0.1) is 5.92 Å². The smallest absolute Gasteiger partial charge is 0.158 e. The van der Waals surface area contributed by atoms with Crippen LogP contribution in [0.15, 0.2) is 42.5 Å². The molecule has 0 aliphatic carbocycles. The Hall–Kier alpha value is -1.96. The minimum atomic E-state index is -0.0878. The average molecular weight is 242 g/mol. The lowest BCUT2D eigenvalue weighted by Gasteiger charge is -2.07. The van der Waals surface area contributed by atoms with E-state index in [1.54, 1.807) is 12.1 Å². The molecule has 0 unspecified atom stereocenters. The Labute approximate surface area is 108 Å². The Kier molecular flexibility index (Phi) is 3.56. The quantitative estimate of drug-likeness (QED) is 0.800. The molecule has 0 saturated carbocycles. The van der Waals surface area contributed by atoms with Gasteiger partial charge in [0.15, 0.2) is 11.5 Å². The molecule has 2 aromatic carbocycles. The second kappa shape index (κ2) is 5.13. The number of hydrogen-bond acceptors (Lipinski definition) is 2. The molecule has 0 spiro atoms. The molecule has 2 aromatic rings. The van der Waals surface area contributed by atoms with E-state index in [0.29, 0.717) is 5.92 Å². The van der Waals surface area contributed by atoms with Gasteiger partial charge >= 0.3 is 0 Å². The van der Waals surface area contributed by atoms with E-state index in [-0.39, 0.29) is 11.5 Å². The summed E-state index contributed by atoms with van der Waals surface area (Å²) >= 11 is 0. The molecule has 0 saturated heterocycles. The van der Waals surface area contributed by atoms with E-state index in [4.69, 9.17) is 0 Å². The summed E-state index contributed by atoms with van der Waals surface area (Å²) in [5.41, 5.74) is 3.26. The van der Waals surface area contributed by atoms with Gasteiger partial charge < -0.3 is 10.2 Å². The number of aromatic hydroxyl groups is 2. The summed E-state index contributed by atoms with van der Waals surface area (Å²) in [4.78, 5) is 0. The molecule has 94 valence electrons. The van der Waals surface area contributed by atoms with Gasteiger partial charge in [-0.15, -0.1) is 0 Å². The van der Waals surface area contributed by atoms with Crippen LogP contribution in [0.4, 0.5) is 0 Å². The molecular formula is C16H18O2. The van der Waals surface area contributed by atoms with Crippen molar-refractivity contribution in [1.29, 1.82) is 0 Å². The van der Waals surface area contributed by atoms with Crippen LogP contribution in [0.2, 0.25) is 0 Å². The van der Waals surface area contributed by atoms with Gasteiger partial charge in [0.1, 0.15) is 0 Å². The maximum Gasteiger partial charge on any atom is 0.158 e. The molecule has 0 bridgehead atoms. The van der Waals surface area contributed by atoms with E-state index in [9.17, 15) is 10.2 Å². The van der Waals surface area contributed by atoms with Crippen LogP contribution in [0.1, 0.15) is 19.4 Å². The minimum absolute atomic E-state index is 0.0845. The zero-order valence-electron chi connectivity index (χ0n) is 10.7. The number of hydrogen-bond donors (Lipinski definition) is 2. The van der Waals surface area contributed by atoms with Crippen molar-refractivity contribution < 1.29 is 10.2 Å². The van der Waals surface area contributed by atoms with Gasteiger partial charge in [0, 0.05) is 0 Å². The Balaban J connectivity index is 2.25. The number of rotatable bonds is 3. The van der Waals surface area contributed by atoms with E-state index in [2.05, 4.69) is 26.0 Å². The summed E-state index contributed by atoms with van der Waals surface area (Å²) in [5.74, 6) is 0.475. The van der Waals surface area contributed by atoms with Crippen LogP contribution < -0.4 is 0 Å². The minimum Gasteiger partial charge on any atom is -0.504 e. The predicted octanol–water partition coefficient (Wildman–Crippen LogP) is 3.96. The molecule has 2 N–H and O–H groups in total. The topological polar surface area (TPSA) is 40.5 Å². The fourth-order valence-electron chi connectivity index (χ4n) is 2.01. The molecule has 0 aromatic heterocycles. The third-order valence-corrected chi connectivity index (χ3v) is 2.91. The zero-order chi connectivity index (χ0) is 13.1. The van der Waals surface area contributed by atoms with Gasteiger partial charge in [-0.25, -0.2) is 0 Å². The van der Waals surface area contributed by atoms with Gasteiger partial charge in [-0.2, -0.15) is 0 Å². The molecule has 0 fully saturated rings. The summed E-state index contributed by atoms with van der Waals surface area (Å²) in [6.07, 6.45) is 1.07. The van der Waals surface area contributed by atoms with E-state index in [1.165, 1.54) is 11.6 Å². The molecule has 0 heterocycles. The first kappa shape index (κ1) is 12.5. The lowest BCUT2D eigenvalue weighted by Crippen LogP contribution is -1.93. The largest absolute Gasteiger partial charge is 0.504 e. The standard InChI is InChI=1S/C16H18O2/c1-11(2)9-12-3-5-13(6-4-12)14-7-8-15(17)16(18)10-14/h3-8,10-11,17-18H,9H2,1-2H3. The molecule has 0 amide bonds. The fourth-order valence-corrected chi connectivity index (χ4v) is 2.01. The monoisotopic (exact) mass is 242 g/mol. The van der Waals surface area contributed by atoms with Crippen LogP contribution in [-0.2, 0) is 6.42 Å². The Morgan fingerprint density at radius 1 is 0.833 bits per heavy atom. The summed E-state index contributed by atoms with van der Waals surface area (Å²) in [6.45, 7) is 4.40. The van der Waals surface area contributed by atoms with Crippen molar-refractivity contribution in [3.63, 3.8) is 0 Å². The molecule has 2 nitrogen and oxygen atoms in total. The van der Waals surface area contributed by atoms with Crippen molar-refractivity contribution in [2.24, 2.45) is 5.92 Å². The van der Waals surface area contributed by atoms with Crippen molar-refractivity contribution in [2.45, 2.75) is 20.3 Å². The van der Waals surface area contributed by atoms with Gasteiger partial charge in [0.2, 0.25) is 0 Å². The number of phenolic OH excluding ortho intramolecular Hbond substituents is 2. The summed E-state index contributed by atoms with van der Waals surface area (Å²) < 4.78 is 0. The van der Waals surface area contributed by atoms with Crippen molar-refractivity contribution in [3.05, 3.63) is 48.0 Å². The van der Waals surface area contributed by atoms with E-state index >= 15 is 0 Å². The highest BCUT2D eigenvalue weighted by Crippen LogP contribution is 2.30. The SMILES string of the molecule is CC(C)Cc1ccc(-c2ccc(O)c(O)c2)cc1. The number of benzene rings is 2. The lowest BCUT2D eigenvalue weighted by molar-refractivity contribution is 0.404. The molecule has 18 heavy (non-hydrogen) atoms. The summed E-state index contributed by atoms with van der Waals surface area (Å²) in [5, 5.41) is 18.8. The lowest BCUT2D eigenvalue weighted by atomic mass is 9.99. The first-order valence-electron chi connectivity index (χ1n) is 6.17. The van der Waals surface area contributed by atoms with Crippen LogP contribution in [0.5, 0.6) is 11.5 Å². The van der Waals surface area contributed by atoms with Crippen molar-refractivity contribution in [3.8, 4) is 22.6 Å². The van der Waals surface area contributed by atoms with E-state index < -0.39 is 0 Å². The first-order chi connectivity index (χ1) is 8.56. The Morgan fingerprint density at radius 3 is 2.00 bits per heavy atom. The normalized spacial score (nSPS) is 10.8. The van der Waals surface area contributed by atoms with Crippen molar-refractivity contribution in [2.75, 3.05) is 0 Å². The van der Waals surface area contributed by atoms with Gasteiger partial charge in [0.05, 0.1) is 0 Å². The Bertz CT molecular complexity index is 527. The van der Waals surface area contributed by atoms with Gasteiger partial charge in [-0.3, -0.25) is 0 Å². The zero-order valence-corrected chi connectivity index (χ0v) is 10.7. The molecule has 0 atom stereocenters. The number of phenols is 2. The molecule has 0 aliphatic heterocycles. The van der Waals surface area contributed by atoms with Gasteiger partial charge in [-0.05, 0) is 41.2 Å². The van der Waals surface area contributed by atoms with Crippen LogP contribution in [0.3, 0.4) is 0 Å². The average Bonchev–Trinajstić information content (AvgIpc) is 2.33. The highest BCUT2D eigenvalue weighted by atomic mass is 16.3. The van der Waals surface area contributed by atoms with Crippen molar-refractivity contribution >= 4 is 0 Å². The third kappa shape index (κ3) is 2.83. The first-order valence-corrected chi connectivity index (χ1v) is 6.17. The fraction of sp³-hybridized carbons (Fsp3) is 0.250. The maximum absolute atomic E-state index is 9.48. The summed E-state index contributed by atoms with van der Waals surface area (Å²) in [7, 11) is 0.